The Labute approximate surface area is 156 Å². The topological polar surface area (TPSA) is 124 Å². The summed E-state index contributed by atoms with van der Waals surface area (Å²) >= 11 is 0. The van der Waals surface area contributed by atoms with E-state index in [1.54, 1.807) is 6.92 Å². The smallest absolute Gasteiger partial charge is 0.405 e. The van der Waals surface area contributed by atoms with Crippen LogP contribution < -0.4 is 0 Å². The SMILES string of the molecule is CCC(COCC1CO1)(COCC1CO1)C(=O)OC(C)C(F)(F)S(=O)(=O)O. The molecule has 9 nitrogen and oxygen atoms in total. The number of halogens is 2. The van der Waals surface area contributed by atoms with E-state index in [1.807, 2.05) is 0 Å². The van der Waals surface area contributed by atoms with E-state index in [9.17, 15) is 22.0 Å². The molecule has 0 aromatic rings. The monoisotopic (exact) mass is 418 g/mol. The maximum absolute atomic E-state index is 13.7. The molecular formula is C15H24F2O9S. The fourth-order valence-electron chi connectivity index (χ4n) is 2.17. The summed E-state index contributed by atoms with van der Waals surface area (Å²) in [6.45, 7) is 3.46. The normalized spacial score (nSPS) is 25.5. The van der Waals surface area contributed by atoms with Crippen molar-refractivity contribution in [3.63, 3.8) is 0 Å². The second kappa shape index (κ2) is 8.62. The number of ether oxygens (including phenoxy) is 5. The highest BCUT2D eigenvalue weighted by molar-refractivity contribution is 7.86. The van der Waals surface area contributed by atoms with Crippen molar-refractivity contribution in [1.82, 2.24) is 0 Å². The highest BCUT2D eigenvalue weighted by Gasteiger charge is 2.53. The van der Waals surface area contributed by atoms with Gasteiger partial charge in [-0.1, -0.05) is 6.92 Å². The molecule has 27 heavy (non-hydrogen) atoms. The summed E-state index contributed by atoms with van der Waals surface area (Å²) in [5, 5.41) is -4.65. The zero-order valence-corrected chi connectivity index (χ0v) is 15.9. The average Bonchev–Trinajstić information content (AvgIpc) is 3.47. The number of alkyl halides is 2. The number of epoxide rings is 2. The second-order valence-electron chi connectivity index (χ2n) is 6.66. The van der Waals surface area contributed by atoms with Gasteiger partial charge in [0, 0.05) is 0 Å². The van der Waals surface area contributed by atoms with Crippen molar-refractivity contribution in [3.05, 3.63) is 0 Å². The maximum atomic E-state index is 13.7. The summed E-state index contributed by atoms with van der Waals surface area (Å²) in [7, 11) is -5.75. The summed E-state index contributed by atoms with van der Waals surface area (Å²) in [5.74, 6) is -1.10. The van der Waals surface area contributed by atoms with Gasteiger partial charge in [0.25, 0.3) is 0 Å². The zero-order chi connectivity index (χ0) is 20.3. The van der Waals surface area contributed by atoms with Crippen molar-refractivity contribution in [2.45, 2.75) is 43.8 Å². The Hall–Kier alpha value is -0.920. The Balaban J connectivity index is 2.04. The predicted octanol–water partition coefficient (Wildman–Crippen LogP) is 0.626. The number of carbonyl (C=O) groups is 1. The van der Waals surface area contributed by atoms with Gasteiger partial charge in [-0.3, -0.25) is 9.35 Å². The van der Waals surface area contributed by atoms with Gasteiger partial charge in [-0.2, -0.15) is 17.2 Å². The molecule has 3 unspecified atom stereocenters. The molecule has 158 valence electrons. The molecule has 2 rings (SSSR count). The fraction of sp³-hybridized carbons (Fsp3) is 0.933. The van der Waals surface area contributed by atoms with E-state index in [0.717, 1.165) is 0 Å². The Kier molecular flexibility index (Phi) is 7.14. The van der Waals surface area contributed by atoms with Crippen LogP contribution in [0.15, 0.2) is 0 Å². The largest absolute Gasteiger partial charge is 0.454 e. The molecule has 0 aromatic carbocycles. The third kappa shape index (κ3) is 6.03. The van der Waals surface area contributed by atoms with E-state index < -0.39 is 32.9 Å². The minimum Gasteiger partial charge on any atom is -0.454 e. The van der Waals surface area contributed by atoms with Gasteiger partial charge >= 0.3 is 21.3 Å². The average molecular weight is 418 g/mol. The molecule has 2 aliphatic rings. The van der Waals surface area contributed by atoms with Crippen LogP contribution in [0.3, 0.4) is 0 Å². The number of hydrogen-bond acceptors (Lipinski definition) is 8. The van der Waals surface area contributed by atoms with Gasteiger partial charge in [0.15, 0.2) is 6.10 Å². The van der Waals surface area contributed by atoms with Gasteiger partial charge in [-0.15, -0.1) is 0 Å². The Bertz CT molecular complexity index is 599. The molecule has 12 heteroatoms. The molecule has 3 atom stereocenters. The molecule has 0 radical (unpaired) electrons. The minimum atomic E-state index is -5.75. The molecule has 2 saturated heterocycles. The zero-order valence-electron chi connectivity index (χ0n) is 15.1. The molecular weight excluding hydrogens is 394 g/mol. The van der Waals surface area contributed by atoms with Gasteiger partial charge in [0.05, 0.1) is 39.6 Å². The standard InChI is InChI=1S/C15H24F2O9S/c1-3-14(8-22-4-11-6-24-11,9-23-5-12-7-25-12)13(18)26-10(2)15(16,17)27(19,20)21/h10-12H,3-9H2,1-2H3,(H,19,20,21). The summed E-state index contributed by atoms with van der Waals surface area (Å²) in [6, 6.07) is 0. The summed E-state index contributed by atoms with van der Waals surface area (Å²) in [6.07, 6.45) is -2.41. The molecule has 0 aromatic heterocycles. The molecule has 0 bridgehead atoms. The summed E-state index contributed by atoms with van der Waals surface area (Å²) in [5.41, 5.74) is -1.42. The number of hydrogen-bond donors (Lipinski definition) is 1. The van der Waals surface area contributed by atoms with Crippen molar-refractivity contribution in [1.29, 1.82) is 0 Å². The van der Waals surface area contributed by atoms with Crippen LogP contribution in [0.5, 0.6) is 0 Å². The summed E-state index contributed by atoms with van der Waals surface area (Å²) < 4.78 is 83.3. The van der Waals surface area contributed by atoms with Gasteiger partial charge in [-0.25, -0.2) is 0 Å². The van der Waals surface area contributed by atoms with E-state index in [1.165, 1.54) is 0 Å². The first kappa shape index (κ1) is 22.4. The van der Waals surface area contributed by atoms with Crippen molar-refractivity contribution in [2.24, 2.45) is 5.41 Å². The lowest BCUT2D eigenvalue weighted by molar-refractivity contribution is -0.181. The van der Waals surface area contributed by atoms with Crippen molar-refractivity contribution < 1.29 is 50.2 Å². The molecule has 2 fully saturated rings. The lowest BCUT2D eigenvalue weighted by Crippen LogP contribution is -2.48. The summed E-state index contributed by atoms with van der Waals surface area (Å²) in [4.78, 5) is 12.6. The van der Waals surface area contributed by atoms with Gasteiger partial charge in [0.2, 0.25) is 0 Å². The van der Waals surface area contributed by atoms with E-state index >= 15 is 0 Å². The molecule has 0 aliphatic carbocycles. The van der Waals surface area contributed by atoms with Crippen molar-refractivity contribution >= 4 is 16.1 Å². The van der Waals surface area contributed by atoms with E-state index in [2.05, 4.69) is 0 Å². The first-order valence-corrected chi connectivity index (χ1v) is 9.90. The first-order chi connectivity index (χ1) is 12.5. The highest BCUT2D eigenvalue weighted by Crippen LogP contribution is 2.32. The van der Waals surface area contributed by atoms with Crippen molar-refractivity contribution in [3.8, 4) is 0 Å². The van der Waals surface area contributed by atoms with Crippen LogP contribution in [0.25, 0.3) is 0 Å². The lowest BCUT2D eigenvalue weighted by Gasteiger charge is -2.32. The van der Waals surface area contributed by atoms with E-state index in [-0.39, 0.29) is 45.1 Å². The Morgan fingerprint density at radius 1 is 1.19 bits per heavy atom. The highest BCUT2D eigenvalue weighted by atomic mass is 32.2. The minimum absolute atomic E-state index is 0.0702. The number of carbonyl (C=O) groups excluding carboxylic acids is 1. The lowest BCUT2D eigenvalue weighted by atomic mass is 9.87. The van der Waals surface area contributed by atoms with Crippen LogP contribution in [-0.2, 0) is 38.6 Å². The first-order valence-electron chi connectivity index (χ1n) is 8.46. The van der Waals surface area contributed by atoms with Gasteiger partial charge < -0.3 is 23.7 Å². The van der Waals surface area contributed by atoms with Crippen LogP contribution in [0.1, 0.15) is 20.3 Å². The Morgan fingerprint density at radius 3 is 1.96 bits per heavy atom. The second-order valence-corrected chi connectivity index (χ2v) is 8.15. The fourth-order valence-corrected chi connectivity index (χ4v) is 2.64. The van der Waals surface area contributed by atoms with Crippen LogP contribution in [-0.4, -0.2) is 82.1 Å². The quantitative estimate of drug-likeness (QED) is 0.260. The van der Waals surface area contributed by atoms with Crippen LogP contribution in [0.2, 0.25) is 0 Å². The third-order valence-electron chi connectivity index (χ3n) is 4.38. The van der Waals surface area contributed by atoms with Crippen LogP contribution in [0, 0.1) is 5.41 Å². The molecule has 2 aliphatic heterocycles. The third-order valence-corrected chi connectivity index (χ3v) is 5.40. The predicted molar refractivity (Wildman–Crippen MR) is 85.9 cm³/mol. The van der Waals surface area contributed by atoms with Gasteiger partial charge in [-0.05, 0) is 13.3 Å². The molecule has 0 amide bonds. The molecule has 0 saturated carbocycles. The van der Waals surface area contributed by atoms with Crippen molar-refractivity contribution in [2.75, 3.05) is 39.6 Å². The molecule has 0 spiro atoms. The number of esters is 1. The molecule has 1 N–H and O–H groups in total. The number of rotatable bonds is 13. The molecule has 2 heterocycles. The van der Waals surface area contributed by atoms with Crippen LogP contribution >= 0.6 is 0 Å². The van der Waals surface area contributed by atoms with Crippen LogP contribution in [0.4, 0.5) is 8.78 Å². The maximum Gasteiger partial charge on any atom is 0.405 e. The van der Waals surface area contributed by atoms with Gasteiger partial charge in [0.1, 0.15) is 17.6 Å². The van der Waals surface area contributed by atoms with E-state index in [0.29, 0.717) is 20.1 Å². The van der Waals surface area contributed by atoms with E-state index in [4.69, 9.17) is 28.2 Å². The Morgan fingerprint density at radius 2 is 1.63 bits per heavy atom.